The molecule has 0 unspecified atom stereocenters. The van der Waals surface area contributed by atoms with Crippen LogP contribution in [-0.2, 0) is 9.53 Å². The second kappa shape index (κ2) is 4.61. The van der Waals surface area contributed by atoms with Gasteiger partial charge in [-0.15, -0.1) is 0 Å². The molecule has 0 amide bonds. The molecule has 0 aliphatic rings. The maximum absolute atomic E-state index is 11.2. The van der Waals surface area contributed by atoms with Crippen molar-refractivity contribution in [2.24, 2.45) is 11.3 Å². The van der Waals surface area contributed by atoms with Gasteiger partial charge in [-0.2, -0.15) is 0 Å². The fourth-order valence-electron chi connectivity index (χ4n) is 1.15. The van der Waals surface area contributed by atoms with Gasteiger partial charge >= 0.3 is 5.97 Å². The van der Waals surface area contributed by atoms with E-state index in [1.165, 1.54) is 0 Å². The molecule has 0 saturated carbocycles. The van der Waals surface area contributed by atoms with Crippen molar-refractivity contribution in [1.29, 1.82) is 0 Å². The van der Waals surface area contributed by atoms with Gasteiger partial charge in [0.05, 0.1) is 18.6 Å². The zero-order chi connectivity index (χ0) is 10.6. The predicted molar refractivity (Wildman–Crippen MR) is 51.3 cm³/mol. The van der Waals surface area contributed by atoms with Crippen LogP contribution < -0.4 is 0 Å². The van der Waals surface area contributed by atoms with E-state index in [4.69, 9.17) is 4.74 Å². The molecule has 0 bridgehead atoms. The summed E-state index contributed by atoms with van der Waals surface area (Å²) in [6.45, 7) is 9.50. The van der Waals surface area contributed by atoms with Crippen LogP contribution in [0.4, 0.5) is 0 Å². The zero-order valence-corrected chi connectivity index (χ0v) is 9.13. The Morgan fingerprint density at radius 2 is 1.92 bits per heavy atom. The van der Waals surface area contributed by atoms with Gasteiger partial charge in [0.25, 0.3) is 0 Å². The Hall–Kier alpha value is -0.570. The average molecular weight is 188 g/mol. The van der Waals surface area contributed by atoms with Crippen LogP contribution in [-0.4, -0.2) is 23.8 Å². The van der Waals surface area contributed by atoms with Crippen LogP contribution in [0.15, 0.2) is 0 Å². The van der Waals surface area contributed by atoms with E-state index < -0.39 is 12.0 Å². The van der Waals surface area contributed by atoms with E-state index in [1.54, 1.807) is 13.8 Å². The standard InChI is InChI=1S/C10H20O3/c1-6-13-9(12)7(2)8(11)10(3,4)5/h7-8,11H,6H2,1-5H3/t7-,8-/m0/s1. The normalized spacial score (nSPS) is 16.5. The maximum Gasteiger partial charge on any atom is 0.311 e. The van der Waals surface area contributed by atoms with Crippen molar-refractivity contribution in [1.82, 2.24) is 0 Å². The van der Waals surface area contributed by atoms with Gasteiger partial charge in [0.1, 0.15) is 0 Å². The van der Waals surface area contributed by atoms with E-state index >= 15 is 0 Å². The van der Waals surface area contributed by atoms with Gasteiger partial charge in [-0.3, -0.25) is 4.79 Å². The Bertz CT molecular complexity index is 169. The lowest BCUT2D eigenvalue weighted by atomic mass is 9.82. The Kier molecular flexibility index (Phi) is 4.40. The van der Waals surface area contributed by atoms with E-state index in [0.29, 0.717) is 6.61 Å². The highest BCUT2D eigenvalue weighted by atomic mass is 16.5. The third kappa shape index (κ3) is 3.77. The zero-order valence-electron chi connectivity index (χ0n) is 9.13. The molecule has 0 spiro atoms. The van der Waals surface area contributed by atoms with Gasteiger partial charge < -0.3 is 9.84 Å². The monoisotopic (exact) mass is 188 g/mol. The summed E-state index contributed by atoms with van der Waals surface area (Å²) < 4.78 is 4.82. The Morgan fingerprint density at radius 1 is 1.46 bits per heavy atom. The molecule has 3 heteroatoms. The highest BCUT2D eigenvalue weighted by molar-refractivity contribution is 5.72. The Labute approximate surface area is 80.1 Å². The van der Waals surface area contributed by atoms with Crippen LogP contribution in [0.1, 0.15) is 34.6 Å². The number of hydrogen-bond acceptors (Lipinski definition) is 3. The van der Waals surface area contributed by atoms with Gasteiger partial charge in [-0.05, 0) is 19.3 Å². The van der Waals surface area contributed by atoms with Gasteiger partial charge in [0, 0.05) is 0 Å². The number of rotatable bonds is 3. The topological polar surface area (TPSA) is 46.5 Å². The third-order valence-electron chi connectivity index (χ3n) is 2.02. The van der Waals surface area contributed by atoms with Crippen molar-refractivity contribution in [3.05, 3.63) is 0 Å². The van der Waals surface area contributed by atoms with Crippen molar-refractivity contribution in [3.8, 4) is 0 Å². The Morgan fingerprint density at radius 3 is 2.23 bits per heavy atom. The molecule has 0 aromatic rings. The van der Waals surface area contributed by atoms with E-state index in [1.807, 2.05) is 20.8 Å². The molecule has 13 heavy (non-hydrogen) atoms. The lowest BCUT2D eigenvalue weighted by Gasteiger charge is -2.29. The molecule has 0 rings (SSSR count). The molecule has 0 heterocycles. The molecule has 2 atom stereocenters. The number of carbonyl (C=O) groups excluding carboxylic acids is 1. The number of aliphatic hydroxyl groups is 1. The van der Waals surface area contributed by atoms with E-state index in [0.717, 1.165) is 0 Å². The first-order valence-corrected chi connectivity index (χ1v) is 4.65. The van der Waals surface area contributed by atoms with Crippen molar-refractivity contribution in [2.75, 3.05) is 6.61 Å². The van der Waals surface area contributed by atoms with Crippen LogP contribution in [0.25, 0.3) is 0 Å². The molecule has 0 aliphatic carbocycles. The molecule has 0 aromatic heterocycles. The summed E-state index contributed by atoms with van der Waals surface area (Å²) in [4.78, 5) is 11.2. The van der Waals surface area contributed by atoms with Crippen molar-refractivity contribution < 1.29 is 14.6 Å². The lowest BCUT2D eigenvalue weighted by molar-refractivity contribution is -0.154. The quantitative estimate of drug-likeness (QED) is 0.684. The molecule has 0 saturated heterocycles. The van der Waals surface area contributed by atoms with Crippen molar-refractivity contribution in [2.45, 2.75) is 40.7 Å². The second-order valence-electron chi connectivity index (χ2n) is 4.35. The largest absolute Gasteiger partial charge is 0.466 e. The fourth-order valence-corrected chi connectivity index (χ4v) is 1.15. The first-order chi connectivity index (χ1) is 5.80. The van der Waals surface area contributed by atoms with Gasteiger partial charge in [0.15, 0.2) is 0 Å². The summed E-state index contributed by atoms with van der Waals surface area (Å²) in [5.74, 6) is -0.787. The molecule has 0 fully saturated rings. The summed E-state index contributed by atoms with van der Waals surface area (Å²) in [7, 11) is 0. The highest BCUT2D eigenvalue weighted by Gasteiger charge is 2.32. The number of aliphatic hydroxyl groups excluding tert-OH is 1. The average Bonchev–Trinajstić information content (AvgIpc) is 2.00. The van der Waals surface area contributed by atoms with Gasteiger partial charge in [-0.1, -0.05) is 20.8 Å². The molecule has 0 radical (unpaired) electrons. The van der Waals surface area contributed by atoms with E-state index in [9.17, 15) is 9.90 Å². The molecule has 78 valence electrons. The summed E-state index contributed by atoms with van der Waals surface area (Å²) in [6.07, 6.45) is -0.661. The van der Waals surface area contributed by atoms with Crippen LogP contribution >= 0.6 is 0 Å². The van der Waals surface area contributed by atoms with Gasteiger partial charge in [-0.25, -0.2) is 0 Å². The number of carbonyl (C=O) groups is 1. The molecule has 1 N–H and O–H groups in total. The molecule has 0 aromatic carbocycles. The van der Waals surface area contributed by atoms with Crippen LogP contribution in [0.2, 0.25) is 0 Å². The van der Waals surface area contributed by atoms with Crippen LogP contribution in [0, 0.1) is 11.3 Å². The summed E-state index contributed by atoms with van der Waals surface area (Å²) in [5.41, 5.74) is -0.286. The minimum Gasteiger partial charge on any atom is -0.466 e. The maximum atomic E-state index is 11.2. The number of esters is 1. The molecule has 0 aliphatic heterocycles. The minimum absolute atomic E-state index is 0.286. The molecular weight excluding hydrogens is 168 g/mol. The van der Waals surface area contributed by atoms with Crippen molar-refractivity contribution >= 4 is 5.97 Å². The summed E-state index contributed by atoms with van der Waals surface area (Å²) >= 11 is 0. The smallest absolute Gasteiger partial charge is 0.311 e. The minimum atomic E-state index is -0.661. The molecule has 3 nitrogen and oxygen atoms in total. The third-order valence-corrected chi connectivity index (χ3v) is 2.02. The molecular formula is C10H20O3. The van der Waals surface area contributed by atoms with Gasteiger partial charge in [0.2, 0.25) is 0 Å². The lowest BCUT2D eigenvalue weighted by Crippen LogP contribution is -2.37. The Balaban J connectivity index is 4.25. The first kappa shape index (κ1) is 12.4. The highest BCUT2D eigenvalue weighted by Crippen LogP contribution is 2.25. The van der Waals surface area contributed by atoms with Crippen LogP contribution in [0.5, 0.6) is 0 Å². The first-order valence-electron chi connectivity index (χ1n) is 4.65. The van der Waals surface area contributed by atoms with E-state index in [2.05, 4.69) is 0 Å². The predicted octanol–water partition coefficient (Wildman–Crippen LogP) is 1.59. The summed E-state index contributed by atoms with van der Waals surface area (Å²) in [6, 6.07) is 0. The number of ether oxygens (including phenoxy) is 1. The SMILES string of the molecule is CCOC(=O)[C@@H](C)[C@H](O)C(C)(C)C. The second-order valence-corrected chi connectivity index (χ2v) is 4.35. The summed E-state index contributed by atoms with van der Waals surface area (Å²) in [5, 5.41) is 9.75. The van der Waals surface area contributed by atoms with Crippen molar-refractivity contribution in [3.63, 3.8) is 0 Å². The fraction of sp³-hybridized carbons (Fsp3) is 0.900. The van der Waals surface area contributed by atoms with Crippen LogP contribution in [0.3, 0.4) is 0 Å². The number of hydrogen-bond donors (Lipinski definition) is 1. The van der Waals surface area contributed by atoms with E-state index in [-0.39, 0.29) is 11.4 Å².